The Balaban J connectivity index is 1.76. The number of fused-ring (bicyclic) bond motifs is 1. The Hall–Kier alpha value is -2.50. The SMILES string of the molecule is Cc1cccc(/C=C/C(=O)N(C)C)c1COC1OCc2cccnc21. The summed E-state index contributed by atoms with van der Waals surface area (Å²) in [6.07, 6.45) is 4.70. The first-order valence-electron chi connectivity index (χ1n) is 8.21. The monoisotopic (exact) mass is 338 g/mol. The van der Waals surface area contributed by atoms with Crippen molar-refractivity contribution in [3.05, 3.63) is 70.6 Å². The highest BCUT2D eigenvalue weighted by Crippen LogP contribution is 2.31. The van der Waals surface area contributed by atoms with Gasteiger partial charge in [-0.2, -0.15) is 0 Å². The average Bonchev–Trinajstić information content (AvgIpc) is 3.02. The molecule has 0 bridgehead atoms. The number of aryl methyl sites for hydroxylation is 1. The Morgan fingerprint density at radius 2 is 2.20 bits per heavy atom. The van der Waals surface area contributed by atoms with E-state index in [0.29, 0.717) is 13.2 Å². The van der Waals surface area contributed by atoms with Crippen LogP contribution in [0.2, 0.25) is 0 Å². The fourth-order valence-electron chi connectivity index (χ4n) is 2.70. The molecule has 1 atom stereocenters. The van der Waals surface area contributed by atoms with Crippen LogP contribution < -0.4 is 0 Å². The summed E-state index contributed by atoms with van der Waals surface area (Å²) in [7, 11) is 3.46. The molecule has 1 unspecified atom stereocenters. The van der Waals surface area contributed by atoms with Crippen LogP contribution in [-0.4, -0.2) is 29.9 Å². The lowest BCUT2D eigenvalue weighted by Gasteiger charge is -2.15. The number of amides is 1. The zero-order chi connectivity index (χ0) is 17.8. The molecule has 0 radical (unpaired) electrons. The molecule has 5 heteroatoms. The van der Waals surface area contributed by atoms with Gasteiger partial charge in [-0.15, -0.1) is 0 Å². The first-order valence-corrected chi connectivity index (χ1v) is 8.21. The second-order valence-electron chi connectivity index (χ2n) is 6.21. The molecule has 0 N–H and O–H groups in total. The summed E-state index contributed by atoms with van der Waals surface area (Å²) >= 11 is 0. The molecule has 1 aromatic carbocycles. The molecule has 130 valence electrons. The number of hydrogen-bond acceptors (Lipinski definition) is 4. The minimum Gasteiger partial charge on any atom is -0.345 e. The molecule has 3 rings (SSSR count). The molecule has 1 aliphatic heterocycles. The minimum atomic E-state index is -0.448. The number of pyridine rings is 1. The van der Waals surface area contributed by atoms with E-state index in [4.69, 9.17) is 9.47 Å². The zero-order valence-electron chi connectivity index (χ0n) is 14.7. The normalized spacial score (nSPS) is 16.2. The molecule has 0 spiro atoms. The predicted octanol–water partition coefficient (Wildman–Crippen LogP) is 3.24. The van der Waals surface area contributed by atoms with E-state index in [1.807, 2.05) is 43.3 Å². The molecular weight excluding hydrogens is 316 g/mol. The van der Waals surface area contributed by atoms with E-state index in [9.17, 15) is 4.79 Å². The second kappa shape index (κ2) is 7.59. The largest absolute Gasteiger partial charge is 0.345 e. The fourth-order valence-corrected chi connectivity index (χ4v) is 2.70. The third-order valence-corrected chi connectivity index (χ3v) is 4.21. The summed E-state index contributed by atoms with van der Waals surface area (Å²) in [5.41, 5.74) is 5.02. The lowest BCUT2D eigenvalue weighted by Crippen LogP contribution is -2.18. The van der Waals surface area contributed by atoms with Gasteiger partial charge >= 0.3 is 0 Å². The van der Waals surface area contributed by atoms with Gasteiger partial charge in [0.2, 0.25) is 12.2 Å². The van der Waals surface area contributed by atoms with E-state index in [1.165, 1.54) is 4.90 Å². The lowest BCUT2D eigenvalue weighted by atomic mass is 10.0. The summed E-state index contributed by atoms with van der Waals surface area (Å²) in [5.74, 6) is -0.0503. The highest BCUT2D eigenvalue weighted by molar-refractivity contribution is 5.91. The molecule has 1 aliphatic rings. The van der Waals surface area contributed by atoms with Gasteiger partial charge in [0.15, 0.2) is 0 Å². The highest BCUT2D eigenvalue weighted by atomic mass is 16.7. The Morgan fingerprint density at radius 3 is 3.00 bits per heavy atom. The lowest BCUT2D eigenvalue weighted by molar-refractivity contribution is -0.147. The maximum absolute atomic E-state index is 11.8. The number of nitrogens with zero attached hydrogens (tertiary/aromatic N) is 2. The zero-order valence-corrected chi connectivity index (χ0v) is 14.7. The van der Waals surface area contributed by atoms with E-state index in [0.717, 1.165) is 27.9 Å². The van der Waals surface area contributed by atoms with Crippen LogP contribution in [0.3, 0.4) is 0 Å². The van der Waals surface area contributed by atoms with Gasteiger partial charge in [-0.05, 0) is 35.8 Å². The molecule has 0 saturated heterocycles. The minimum absolute atomic E-state index is 0.0503. The maximum atomic E-state index is 11.8. The number of carbonyl (C=O) groups is 1. The van der Waals surface area contributed by atoms with Crippen LogP contribution in [0, 0.1) is 6.92 Å². The van der Waals surface area contributed by atoms with Crippen LogP contribution in [0.25, 0.3) is 6.08 Å². The number of likely N-dealkylation sites (N-methyl/N-ethyl adjacent to an activating group) is 1. The number of hydrogen-bond donors (Lipinski definition) is 0. The van der Waals surface area contributed by atoms with Gasteiger partial charge in [0.1, 0.15) is 5.69 Å². The van der Waals surface area contributed by atoms with Crippen molar-refractivity contribution >= 4 is 12.0 Å². The van der Waals surface area contributed by atoms with Gasteiger partial charge < -0.3 is 14.4 Å². The van der Waals surface area contributed by atoms with Crippen molar-refractivity contribution in [1.29, 1.82) is 0 Å². The first kappa shape index (κ1) is 17.3. The number of ether oxygens (including phenoxy) is 2. The fraction of sp³-hybridized carbons (Fsp3) is 0.300. The molecule has 2 heterocycles. The Bertz CT molecular complexity index is 799. The van der Waals surface area contributed by atoms with Crippen molar-refractivity contribution in [2.45, 2.75) is 26.4 Å². The topological polar surface area (TPSA) is 51.7 Å². The second-order valence-corrected chi connectivity index (χ2v) is 6.21. The van der Waals surface area contributed by atoms with Crippen molar-refractivity contribution in [2.24, 2.45) is 0 Å². The maximum Gasteiger partial charge on any atom is 0.246 e. The Kier molecular flexibility index (Phi) is 5.26. The van der Waals surface area contributed by atoms with Crippen molar-refractivity contribution < 1.29 is 14.3 Å². The van der Waals surface area contributed by atoms with Gasteiger partial charge in [-0.3, -0.25) is 9.78 Å². The third kappa shape index (κ3) is 3.95. The summed E-state index contributed by atoms with van der Waals surface area (Å²) in [6, 6.07) is 9.89. The smallest absolute Gasteiger partial charge is 0.246 e. The number of benzene rings is 1. The van der Waals surface area contributed by atoms with E-state index < -0.39 is 6.29 Å². The average molecular weight is 338 g/mol. The van der Waals surface area contributed by atoms with Crippen molar-refractivity contribution in [3.63, 3.8) is 0 Å². The van der Waals surface area contributed by atoms with E-state index in [2.05, 4.69) is 4.98 Å². The molecule has 2 aromatic rings. The number of aromatic nitrogens is 1. The van der Waals surface area contributed by atoms with E-state index in [-0.39, 0.29) is 5.91 Å². The van der Waals surface area contributed by atoms with Crippen LogP contribution in [0.4, 0.5) is 0 Å². The van der Waals surface area contributed by atoms with Crippen molar-refractivity contribution in [2.75, 3.05) is 14.1 Å². The summed E-state index contributed by atoms with van der Waals surface area (Å²) in [4.78, 5) is 17.7. The molecule has 25 heavy (non-hydrogen) atoms. The Morgan fingerprint density at radius 1 is 1.36 bits per heavy atom. The third-order valence-electron chi connectivity index (χ3n) is 4.21. The van der Waals surface area contributed by atoms with Gasteiger partial charge in [-0.25, -0.2) is 0 Å². The van der Waals surface area contributed by atoms with Gasteiger partial charge in [0, 0.05) is 31.9 Å². The molecular formula is C20H22N2O3. The van der Waals surface area contributed by atoms with Crippen molar-refractivity contribution in [1.82, 2.24) is 9.88 Å². The summed E-state index contributed by atoms with van der Waals surface area (Å²) in [5, 5.41) is 0. The standard InChI is InChI=1S/C20H22N2O3/c1-14-6-4-7-15(9-10-18(23)22(2)3)17(14)13-25-20-19-16(12-24-20)8-5-11-21-19/h4-11,20H,12-13H2,1-3H3/b10-9+. The van der Waals surface area contributed by atoms with Crippen molar-refractivity contribution in [3.8, 4) is 0 Å². The predicted molar refractivity (Wildman–Crippen MR) is 95.5 cm³/mol. The number of carbonyl (C=O) groups excluding carboxylic acids is 1. The van der Waals surface area contributed by atoms with E-state index >= 15 is 0 Å². The molecule has 0 saturated carbocycles. The Labute approximate surface area is 147 Å². The van der Waals surface area contributed by atoms with Gasteiger partial charge in [-0.1, -0.05) is 24.3 Å². The van der Waals surface area contributed by atoms with Crippen LogP contribution >= 0.6 is 0 Å². The van der Waals surface area contributed by atoms with E-state index in [1.54, 1.807) is 26.4 Å². The number of rotatable bonds is 5. The molecule has 1 amide bonds. The quantitative estimate of drug-likeness (QED) is 0.786. The van der Waals surface area contributed by atoms with Crippen LogP contribution in [-0.2, 0) is 27.5 Å². The van der Waals surface area contributed by atoms with Gasteiger partial charge in [0.05, 0.1) is 13.2 Å². The molecule has 0 fully saturated rings. The van der Waals surface area contributed by atoms with Crippen LogP contribution in [0.1, 0.15) is 34.2 Å². The summed E-state index contributed by atoms with van der Waals surface area (Å²) < 4.78 is 11.7. The van der Waals surface area contributed by atoms with Crippen LogP contribution in [0.15, 0.2) is 42.6 Å². The summed E-state index contributed by atoms with van der Waals surface area (Å²) in [6.45, 7) is 2.94. The molecule has 0 aliphatic carbocycles. The van der Waals surface area contributed by atoms with Gasteiger partial charge in [0.25, 0.3) is 0 Å². The molecule has 1 aromatic heterocycles. The molecule has 5 nitrogen and oxygen atoms in total. The van der Waals surface area contributed by atoms with Crippen LogP contribution in [0.5, 0.6) is 0 Å². The first-order chi connectivity index (χ1) is 12.1. The highest BCUT2D eigenvalue weighted by Gasteiger charge is 2.25.